The van der Waals surface area contributed by atoms with Crippen LogP contribution in [0.3, 0.4) is 0 Å². The maximum Gasteiger partial charge on any atom is 1.00 e. The van der Waals surface area contributed by atoms with Crippen LogP contribution in [0.1, 0.15) is 30.0 Å². The molecule has 2 N–H and O–H groups in total. The van der Waals surface area contributed by atoms with Crippen LogP contribution < -0.4 is 44.7 Å². The molecular formula is C21H22ClN2NaO5S. The van der Waals surface area contributed by atoms with Crippen molar-refractivity contribution >= 4 is 33.5 Å². The van der Waals surface area contributed by atoms with Crippen molar-refractivity contribution in [3.63, 3.8) is 0 Å². The molecule has 160 valence electrons. The quantitative estimate of drug-likeness (QED) is 0.430. The number of rotatable bonds is 8. The molecule has 2 aromatic carbocycles. The van der Waals surface area contributed by atoms with Gasteiger partial charge in [-0.25, -0.2) is 13.1 Å². The first-order chi connectivity index (χ1) is 14.2. The van der Waals surface area contributed by atoms with E-state index in [1.54, 1.807) is 25.1 Å². The first-order valence-electron chi connectivity index (χ1n) is 9.57. The number of aliphatic carboxylic acids is 1. The first kappa shape index (κ1) is 25.8. The number of carboxylic acid groups (broad SMARTS) is 1. The summed E-state index contributed by atoms with van der Waals surface area (Å²) in [6.45, 7) is 1.65. The minimum atomic E-state index is -3.75. The number of carbonyl (C=O) groups is 2. The number of nitrogens with one attached hydrogen (secondary N) is 2. The average molecular weight is 473 g/mol. The van der Waals surface area contributed by atoms with Crippen molar-refractivity contribution in [3.8, 4) is 0 Å². The van der Waals surface area contributed by atoms with Crippen molar-refractivity contribution in [3.05, 3.63) is 64.2 Å². The largest absolute Gasteiger partial charge is 1.00 e. The Labute approximate surface area is 208 Å². The maximum absolute atomic E-state index is 12.7. The van der Waals surface area contributed by atoms with Gasteiger partial charge in [-0.2, -0.15) is 0 Å². The topological polar surface area (TPSA) is 115 Å². The summed E-state index contributed by atoms with van der Waals surface area (Å²) in [5, 5.41) is 13.6. The second kappa shape index (κ2) is 10.9. The van der Waals surface area contributed by atoms with Gasteiger partial charge < -0.3 is 15.2 Å². The number of benzene rings is 2. The number of hydrogen-bond acceptors (Lipinski definition) is 5. The molecule has 0 saturated carbocycles. The van der Waals surface area contributed by atoms with E-state index in [-0.39, 0.29) is 58.4 Å². The molecule has 10 heteroatoms. The van der Waals surface area contributed by atoms with E-state index in [1.165, 1.54) is 12.1 Å². The van der Waals surface area contributed by atoms with Gasteiger partial charge in [0.15, 0.2) is 0 Å². The SMILES string of the molecule is CCC(NC(=O)Cc1ccc2c(c1)CC(NS(=O)(=O)c1ccccc1Cl)C2)C(=O)[O-].[Na+]. The predicted molar refractivity (Wildman–Crippen MR) is 110 cm³/mol. The van der Waals surface area contributed by atoms with E-state index in [0.717, 1.165) is 16.7 Å². The van der Waals surface area contributed by atoms with Crippen LogP contribution >= 0.6 is 11.6 Å². The van der Waals surface area contributed by atoms with Gasteiger partial charge in [-0.3, -0.25) is 4.79 Å². The molecule has 2 unspecified atom stereocenters. The fraction of sp³-hybridized carbons (Fsp3) is 0.333. The fourth-order valence-corrected chi connectivity index (χ4v) is 5.32. The Bertz CT molecular complexity index is 1080. The fourth-order valence-electron chi connectivity index (χ4n) is 3.57. The summed E-state index contributed by atoms with van der Waals surface area (Å²) in [5.74, 6) is -1.71. The van der Waals surface area contributed by atoms with Crippen LogP contribution in [0.15, 0.2) is 47.4 Å². The molecule has 2 aromatic rings. The molecule has 31 heavy (non-hydrogen) atoms. The summed E-state index contributed by atoms with van der Waals surface area (Å²) in [5.41, 5.74) is 2.69. The zero-order chi connectivity index (χ0) is 21.9. The number of fused-ring (bicyclic) bond motifs is 1. The number of halogens is 1. The Morgan fingerprint density at radius 2 is 1.84 bits per heavy atom. The van der Waals surface area contributed by atoms with Gasteiger partial charge >= 0.3 is 29.6 Å². The number of sulfonamides is 1. The van der Waals surface area contributed by atoms with Gasteiger partial charge in [0.2, 0.25) is 15.9 Å². The third-order valence-corrected chi connectivity index (χ3v) is 7.06. The second-order valence-corrected chi connectivity index (χ2v) is 9.37. The van der Waals surface area contributed by atoms with Crippen LogP contribution in [-0.2, 0) is 38.9 Å². The van der Waals surface area contributed by atoms with E-state index in [2.05, 4.69) is 10.0 Å². The van der Waals surface area contributed by atoms with Gasteiger partial charge in [0.05, 0.1) is 23.5 Å². The first-order valence-corrected chi connectivity index (χ1v) is 11.4. The van der Waals surface area contributed by atoms with Crippen molar-refractivity contribution in [2.75, 3.05) is 0 Å². The molecule has 0 aromatic heterocycles. The van der Waals surface area contributed by atoms with E-state index in [4.69, 9.17) is 11.6 Å². The minimum Gasteiger partial charge on any atom is -0.548 e. The van der Waals surface area contributed by atoms with Crippen LogP contribution in [-0.4, -0.2) is 32.4 Å². The molecule has 7 nitrogen and oxygen atoms in total. The minimum absolute atomic E-state index is 0. The zero-order valence-corrected chi connectivity index (χ0v) is 20.9. The molecule has 0 bridgehead atoms. The van der Waals surface area contributed by atoms with Crippen molar-refractivity contribution in [1.82, 2.24) is 10.0 Å². The Kier molecular flexibility index (Phi) is 9.12. The number of carbonyl (C=O) groups excluding carboxylic acids is 2. The van der Waals surface area contributed by atoms with E-state index in [9.17, 15) is 23.1 Å². The maximum atomic E-state index is 12.7. The van der Waals surface area contributed by atoms with Gasteiger partial charge in [0, 0.05) is 6.04 Å². The zero-order valence-electron chi connectivity index (χ0n) is 17.4. The van der Waals surface area contributed by atoms with E-state index >= 15 is 0 Å². The van der Waals surface area contributed by atoms with Crippen molar-refractivity contribution in [2.45, 2.75) is 49.6 Å². The Balaban J connectivity index is 0.00000341. The Morgan fingerprint density at radius 3 is 2.48 bits per heavy atom. The standard InChI is InChI=1S/C21H23ClN2O5S.Na/c1-2-18(21(26)27)23-20(25)10-13-7-8-14-11-16(12-15(14)9-13)24-30(28,29)19-6-4-3-5-17(19)22;/h3-9,16,18,24H,2,10-12H2,1H3,(H,23,25)(H,26,27);/q;+1/p-1. The summed E-state index contributed by atoms with van der Waals surface area (Å²) < 4.78 is 28.0. The van der Waals surface area contributed by atoms with Crippen LogP contribution in [0.4, 0.5) is 0 Å². The van der Waals surface area contributed by atoms with Gasteiger partial charge in [0.1, 0.15) is 4.90 Å². The monoisotopic (exact) mass is 472 g/mol. The molecule has 0 radical (unpaired) electrons. The third-order valence-electron chi connectivity index (χ3n) is 5.04. The van der Waals surface area contributed by atoms with Crippen molar-refractivity contribution in [1.29, 1.82) is 0 Å². The van der Waals surface area contributed by atoms with Gasteiger partial charge in [-0.15, -0.1) is 0 Å². The molecule has 3 rings (SSSR count). The number of carboxylic acids is 1. The summed E-state index contributed by atoms with van der Waals surface area (Å²) >= 11 is 6.02. The van der Waals surface area contributed by atoms with Gasteiger partial charge in [-0.1, -0.05) is 48.9 Å². The van der Waals surface area contributed by atoms with Gasteiger partial charge in [-0.05, 0) is 48.1 Å². The summed E-state index contributed by atoms with van der Waals surface area (Å²) in [6.07, 6.45) is 1.30. The van der Waals surface area contributed by atoms with Crippen molar-refractivity contribution in [2.24, 2.45) is 0 Å². The summed E-state index contributed by atoms with van der Waals surface area (Å²) in [4.78, 5) is 23.1. The molecule has 0 aliphatic heterocycles. The average Bonchev–Trinajstić information content (AvgIpc) is 3.06. The van der Waals surface area contributed by atoms with Crippen molar-refractivity contribution < 1.29 is 52.7 Å². The molecule has 0 heterocycles. The van der Waals surface area contributed by atoms with Crippen LogP contribution in [0, 0.1) is 0 Å². The van der Waals surface area contributed by atoms with Crippen LogP contribution in [0.25, 0.3) is 0 Å². The molecule has 0 fully saturated rings. The summed E-state index contributed by atoms with van der Waals surface area (Å²) in [6, 6.07) is 10.5. The summed E-state index contributed by atoms with van der Waals surface area (Å²) in [7, 11) is -3.75. The molecule has 1 aliphatic rings. The molecule has 0 spiro atoms. The van der Waals surface area contributed by atoms with Gasteiger partial charge in [0.25, 0.3) is 0 Å². The molecule has 1 amide bonds. The van der Waals surface area contributed by atoms with E-state index in [0.29, 0.717) is 12.8 Å². The number of amides is 1. The molecule has 1 aliphatic carbocycles. The predicted octanol–water partition coefficient (Wildman–Crippen LogP) is -2.02. The Hall–Kier alpha value is -1.42. The second-order valence-electron chi connectivity index (χ2n) is 7.28. The normalized spacial score (nSPS) is 16.1. The van der Waals surface area contributed by atoms with Crippen LogP contribution in [0.2, 0.25) is 5.02 Å². The van der Waals surface area contributed by atoms with E-state index in [1.807, 2.05) is 12.1 Å². The van der Waals surface area contributed by atoms with E-state index < -0.39 is 27.9 Å². The number of hydrogen-bond donors (Lipinski definition) is 2. The molecular weight excluding hydrogens is 451 g/mol. The van der Waals surface area contributed by atoms with Crippen LogP contribution in [0.5, 0.6) is 0 Å². The third kappa shape index (κ3) is 6.54. The Morgan fingerprint density at radius 1 is 1.16 bits per heavy atom. The molecule has 2 atom stereocenters. The molecule has 0 saturated heterocycles. The smallest absolute Gasteiger partial charge is 0.548 e.